The quantitative estimate of drug-likeness (QED) is 0.755. The van der Waals surface area contributed by atoms with Crippen LogP contribution >= 0.6 is 0 Å². The maximum atomic E-state index is 13.5. The summed E-state index contributed by atoms with van der Waals surface area (Å²) in [6.07, 6.45) is 1.36. The Morgan fingerprint density at radius 1 is 1.33 bits per heavy atom. The van der Waals surface area contributed by atoms with Crippen LogP contribution in [0.4, 0.5) is 14.5 Å². The van der Waals surface area contributed by atoms with Gasteiger partial charge in [0.05, 0.1) is 11.9 Å². The van der Waals surface area contributed by atoms with Crippen molar-refractivity contribution in [1.82, 2.24) is 15.5 Å². The predicted molar refractivity (Wildman–Crippen MR) is 73.1 cm³/mol. The number of aromatic nitrogens is 2. The molecule has 1 aromatic heterocycles. The Balaban J connectivity index is 2.30. The highest BCUT2D eigenvalue weighted by molar-refractivity contribution is 7.92. The molecule has 0 atom stereocenters. The molecule has 21 heavy (non-hydrogen) atoms. The highest BCUT2D eigenvalue weighted by atomic mass is 32.2. The Morgan fingerprint density at radius 2 is 2.10 bits per heavy atom. The van der Waals surface area contributed by atoms with Crippen LogP contribution in [0, 0.1) is 11.6 Å². The van der Waals surface area contributed by atoms with Gasteiger partial charge < -0.3 is 5.32 Å². The molecule has 1 heterocycles. The summed E-state index contributed by atoms with van der Waals surface area (Å²) in [5.74, 6) is -2.39. The number of H-pyrrole nitrogens is 1. The van der Waals surface area contributed by atoms with Crippen LogP contribution in [0.25, 0.3) is 0 Å². The van der Waals surface area contributed by atoms with Gasteiger partial charge in [0.15, 0.2) is 16.7 Å². The number of nitrogens with one attached hydrogen (secondary N) is 3. The van der Waals surface area contributed by atoms with E-state index in [1.165, 1.54) is 12.3 Å². The van der Waals surface area contributed by atoms with E-state index in [1.54, 1.807) is 0 Å². The van der Waals surface area contributed by atoms with Gasteiger partial charge >= 0.3 is 0 Å². The van der Waals surface area contributed by atoms with Gasteiger partial charge in [-0.2, -0.15) is 13.5 Å². The summed E-state index contributed by atoms with van der Waals surface area (Å²) in [5.41, 5.74) is -0.0554. The Morgan fingerprint density at radius 3 is 2.81 bits per heavy atom. The van der Waals surface area contributed by atoms with Crippen molar-refractivity contribution in [2.24, 2.45) is 0 Å². The molecule has 0 aliphatic carbocycles. The summed E-state index contributed by atoms with van der Waals surface area (Å²) in [5, 5.41) is 8.80. The second-order valence-corrected chi connectivity index (χ2v) is 5.83. The van der Waals surface area contributed by atoms with Gasteiger partial charge in [-0.05, 0) is 18.7 Å². The maximum absolute atomic E-state index is 13.5. The lowest BCUT2D eigenvalue weighted by Crippen LogP contribution is -2.19. The number of rotatable bonds is 6. The molecule has 3 N–H and O–H groups in total. The summed E-state index contributed by atoms with van der Waals surface area (Å²) in [4.78, 5) is 0. The van der Waals surface area contributed by atoms with Crippen molar-refractivity contribution < 1.29 is 17.2 Å². The third-order valence-corrected chi connectivity index (χ3v) is 4.09. The van der Waals surface area contributed by atoms with Crippen molar-refractivity contribution in [3.05, 3.63) is 41.6 Å². The Kier molecular flexibility index (Phi) is 4.53. The number of hydrogen-bond acceptors (Lipinski definition) is 4. The normalized spacial score (nSPS) is 11.6. The Bertz CT molecular complexity index is 731. The lowest BCUT2D eigenvalue weighted by Gasteiger charge is -2.09. The molecule has 2 rings (SSSR count). The van der Waals surface area contributed by atoms with E-state index in [-0.39, 0.29) is 11.6 Å². The summed E-state index contributed by atoms with van der Waals surface area (Å²) in [7, 11) is -4.09. The van der Waals surface area contributed by atoms with Gasteiger partial charge in [-0.25, -0.2) is 8.78 Å². The largest absolute Gasteiger partial charge is 0.313 e. The molecular formula is C12H14F2N4O2S. The van der Waals surface area contributed by atoms with Crippen molar-refractivity contribution in [1.29, 1.82) is 0 Å². The Hall–Kier alpha value is -2.00. The lowest BCUT2D eigenvalue weighted by molar-refractivity contribution is 0.511. The molecule has 1 aromatic carbocycles. The highest BCUT2D eigenvalue weighted by Gasteiger charge is 2.22. The molecule has 0 radical (unpaired) electrons. The average molecular weight is 316 g/mol. The molecule has 0 aliphatic heterocycles. The fraction of sp³-hybridized carbons (Fsp3) is 0.250. The minimum atomic E-state index is -4.09. The average Bonchev–Trinajstić information content (AvgIpc) is 2.91. The molecule has 9 heteroatoms. The fourth-order valence-electron chi connectivity index (χ4n) is 1.70. The zero-order valence-corrected chi connectivity index (χ0v) is 12.0. The van der Waals surface area contributed by atoms with Crippen LogP contribution in [0.3, 0.4) is 0 Å². The predicted octanol–water partition coefficient (Wildman–Crippen LogP) is 1.60. The van der Waals surface area contributed by atoms with Gasteiger partial charge in [-0.3, -0.25) is 9.82 Å². The zero-order chi connectivity index (χ0) is 15.5. The molecule has 0 unspecified atom stereocenters. The van der Waals surface area contributed by atoms with E-state index in [1.807, 2.05) is 11.6 Å². The zero-order valence-electron chi connectivity index (χ0n) is 11.2. The first-order chi connectivity index (χ1) is 9.95. The third kappa shape index (κ3) is 3.37. The van der Waals surface area contributed by atoms with Crippen molar-refractivity contribution in [3.63, 3.8) is 0 Å². The number of aromatic amines is 1. The van der Waals surface area contributed by atoms with Gasteiger partial charge in [-0.15, -0.1) is 0 Å². The van der Waals surface area contributed by atoms with E-state index in [9.17, 15) is 17.2 Å². The molecule has 0 saturated carbocycles. The summed E-state index contributed by atoms with van der Waals surface area (Å²) in [6.45, 7) is 2.81. The summed E-state index contributed by atoms with van der Waals surface area (Å²) in [6, 6.07) is 3.25. The second-order valence-electron chi connectivity index (χ2n) is 4.21. The number of benzene rings is 1. The van der Waals surface area contributed by atoms with Gasteiger partial charge in [0, 0.05) is 12.1 Å². The van der Waals surface area contributed by atoms with Crippen LogP contribution in [0.2, 0.25) is 0 Å². The number of hydrogen-bond donors (Lipinski definition) is 3. The van der Waals surface area contributed by atoms with Crippen molar-refractivity contribution in [2.75, 3.05) is 11.3 Å². The van der Waals surface area contributed by atoms with Crippen molar-refractivity contribution in [3.8, 4) is 0 Å². The molecule has 0 amide bonds. The van der Waals surface area contributed by atoms with E-state index in [0.29, 0.717) is 12.1 Å². The van der Waals surface area contributed by atoms with Crippen LogP contribution in [0.15, 0.2) is 29.4 Å². The van der Waals surface area contributed by atoms with Gasteiger partial charge in [0.25, 0.3) is 10.0 Å². The van der Waals surface area contributed by atoms with Gasteiger partial charge in [0.1, 0.15) is 0 Å². The first-order valence-corrected chi connectivity index (χ1v) is 7.63. The van der Waals surface area contributed by atoms with E-state index in [4.69, 9.17) is 0 Å². The van der Waals surface area contributed by atoms with Gasteiger partial charge in [-0.1, -0.05) is 13.0 Å². The number of nitrogens with zero attached hydrogens (tertiary/aromatic N) is 1. The van der Waals surface area contributed by atoms with Crippen LogP contribution in [0.1, 0.15) is 12.5 Å². The van der Waals surface area contributed by atoms with E-state index >= 15 is 0 Å². The lowest BCUT2D eigenvalue weighted by atomic mass is 10.3. The molecule has 0 fully saturated rings. The fourth-order valence-corrected chi connectivity index (χ4v) is 2.89. The standard InChI is InChI=1S/C12H14F2N4O2S/c1-2-15-6-8-7-16-17-12(8)21(19,20)18-10-5-3-4-9(13)11(10)14/h3-5,7,15,18H,2,6H2,1H3,(H,16,17). The van der Waals surface area contributed by atoms with Crippen LogP contribution in [0.5, 0.6) is 0 Å². The number of anilines is 1. The molecule has 0 bridgehead atoms. The summed E-state index contributed by atoms with van der Waals surface area (Å²) < 4.78 is 53.1. The molecule has 114 valence electrons. The molecule has 2 aromatic rings. The van der Waals surface area contributed by atoms with Crippen molar-refractivity contribution >= 4 is 15.7 Å². The van der Waals surface area contributed by atoms with E-state index in [2.05, 4.69) is 15.5 Å². The topological polar surface area (TPSA) is 86.9 Å². The smallest absolute Gasteiger partial charge is 0.279 e. The molecule has 0 aliphatic rings. The second kappa shape index (κ2) is 6.19. The Labute approximate surface area is 120 Å². The third-order valence-electron chi connectivity index (χ3n) is 2.71. The van der Waals surface area contributed by atoms with Crippen LogP contribution in [-0.4, -0.2) is 25.2 Å². The molecule has 0 spiro atoms. The van der Waals surface area contributed by atoms with Crippen LogP contribution < -0.4 is 10.0 Å². The molecular weight excluding hydrogens is 302 g/mol. The minimum Gasteiger partial charge on any atom is -0.313 e. The molecule has 6 nitrogen and oxygen atoms in total. The number of halogens is 2. The van der Waals surface area contributed by atoms with E-state index < -0.39 is 27.3 Å². The summed E-state index contributed by atoms with van der Waals surface area (Å²) >= 11 is 0. The minimum absolute atomic E-state index is 0.188. The monoisotopic (exact) mass is 316 g/mol. The van der Waals surface area contributed by atoms with Crippen LogP contribution in [-0.2, 0) is 16.6 Å². The number of sulfonamides is 1. The van der Waals surface area contributed by atoms with Gasteiger partial charge in [0.2, 0.25) is 0 Å². The SMILES string of the molecule is CCNCc1cn[nH]c1S(=O)(=O)Nc1cccc(F)c1F. The van der Waals surface area contributed by atoms with E-state index in [0.717, 1.165) is 12.1 Å². The first kappa shape index (κ1) is 15.4. The van der Waals surface area contributed by atoms with Crippen molar-refractivity contribution in [2.45, 2.75) is 18.5 Å². The molecule has 0 saturated heterocycles. The maximum Gasteiger partial charge on any atom is 0.279 e. The first-order valence-electron chi connectivity index (χ1n) is 6.15. The highest BCUT2D eigenvalue weighted by Crippen LogP contribution is 2.21.